The molecule has 3 heterocycles. The minimum atomic E-state index is 0.0301. The zero-order valence-electron chi connectivity index (χ0n) is 15.2. The quantitative estimate of drug-likeness (QED) is 0.845. The molecule has 0 N–H and O–H groups in total. The zero-order chi connectivity index (χ0) is 17.3. The van der Waals surface area contributed by atoms with Crippen molar-refractivity contribution in [3.8, 4) is 0 Å². The van der Waals surface area contributed by atoms with Crippen molar-refractivity contribution in [3.63, 3.8) is 0 Å². The smallest absolute Gasteiger partial charge is 0.134 e. The average Bonchev–Trinajstić information content (AvgIpc) is 2.54. The molecule has 6 nitrogen and oxygen atoms in total. The van der Waals surface area contributed by atoms with Crippen LogP contribution in [-0.2, 0) is 5.41 Å². The van der Waals surface area contributed by atoms with Crippen molar-refractivity contribution >= 4 is 11.6 Å². The van der Waals surface area contributed by atoms with Gasteiger partial charge >= 0.3 is 0 Å². The lowest BCUT2D eigenvalue weighted by molar-refractivity contribution is 0.561. The van der Waals surface area contributed by atoms with Crippen LogP contribution in [0.2, 0.25) is 0 Å². The van der Waals surface area contributed by atoms with Crippen molar-refractivity contribution in [2.75, 3.05) is 36.0 Å². The summed E-state index contributed by atoms with van der Waals surface area (Å²) >= 11 is 0. The van der Waals surface area contributed by atoms with Crippen LogP contribution in [0, 0.1) is 13.8 Å². The molecule has 0 atom stereocenters. The molecule has 1 fully saturated rings. The van der Waals surface area contributed by atoms with E-state index < -0.39 is 0 Å². The molecule has 0 unspecified atom stereocenters. The Labute approximate surface area is 144 Å². The number of anilines is 2. The third-order valence-corrected chi connectivity index (χ3v) is 4.36. The van der Waals surface area contributed by atoms with Crippen molar-refractivity contribution in [3.05, 3.63) is 35.7 Å². The molecule has 2 aromatic rings. The van der Waals surface area contributed by atoms with Crippen LogP contribution in [0.15, 0.2) is 18.6 Å². The van der Waals surface area contributed by atoms with Gasteiger partial charge in [-0.1, -0.05) is 20.8 Å². The summed E-state index contributed by atoms with van der Waals surface area (Å²) in [4.78, 5) is 22.4. The highest BCUT2D eigenvalue weighted by atomic mass is 15.3. The summed E-state index contributed by atoms with van der Waals surface area (Å²) in [7, 11) is 0. The van der Waals surface area contributed by atoms with Crippen molar-refractivity contribution in [1.82, 2.24) is 19.9 Å². The minimum Gasteiger partial charge on any atom is -0.353 e. The summed E-state index contributed by atoms with van der Waals surface area (Å²) in [6.07, 6.45) is 3.50. The van der Waals surface area contributed by atoms with E-state index in [1.54, 1.807) is 6.33 Å². The van der Waals surface area contributed by atoms with Gasteiger partial charge in [0, 0.05) is 49.4 Å². The summed E-state index contributed by atoms with van der Waals surface area (Å²) in [5.41, 5.74) is 2.25. The first-order valence-electron chi connectivity index (χ1n) is 8.47. The minimum absolute atomic E-state index is 0.0301. The first kappa shape index (κ1) is 16.6. The molecule has 1 saturated heterocycles. The van der Waals surface area contributed by atoms with Crippen LogP contribution in [-0.4, -0.2) is 46.1 Å². The Bertz CT molecular complexity index is 714. The van der Waals surface area contributed by atoms with Crippen LogP contribution in [0.1, 0.15) is 37.9 Å². The van der Waals surface area contributed by atoms with Gasteiger partial charge < -0.3 is 9.80 Å². The Morgan fingerprint density at radius 3 is 2.25 bits per heavy atom. The fourth-order valence-electron chi connectivity index (χ4n) is 2.97. The van der Waals surface area contributed by atoms with Crippen molar-refractivity contribution in [1.29, 1.82) is 0 Å². The molecular weight excluding hydrogens is 300 g/mol. The summed E-state index contributed by atoms with van der Waals surface area (Å²) in [5.74, 6) is 2.91. The van der Waals surface area contributed by atoms with Gasteiger partial charge in [0.15, 0.2) is 0 Å². The predicted molar refractivity (Wildman–Crippen MR) is 96.7 cm³/mol. The van der Waals surface area contributed by atoms with Gasteiger partial charge in [-0.3, -0.25) is 0 Å². The average molecular weight is 326 g/mol. The summed E-state index contributed by atoms with van der Waals surface area (Å²) in [6, 6.07) is 2.14. The topological polar surface area (TPSA) is 58.0 Å². The lowest BCUT2D eigenvalue weighted by Crippen LogP contribution is -2.47. The Morgan fingerprint density at radius 1 is 0.958 bits per heavy atom. The second-order valence-corrected chi connectivity index (χ2v) is 7.41. The molecule has 6 heteroatoms. The van der Waals surface area contributed by atoms with Crippen LogP contribution in [0.4, 0.5) is 11.6 Å². The highest BCUT2D eigenvalue weighted by Crippen LogP contribution is 2.25. The van der Waals surface area contributed by atoms with E-state index in [9.17, 15) is 0 Å². The van der Waals surface area contributed by atoms with Gasteiger partial charge in [0.05, 0.1) is 5.69 Å². The molecule has 3 rings (SSSR count). The van der Waals surface area contributed by atoms with Crippen molar-refractivity contribution < 1.29 is 0 Å². The highest BCUT2D eigenvalue weighted by molar-refractivity contribution is 5.48. The van der Waals surface area contributed by atoms with Crippen LogP contribution in [0.3, 0.4) is 0 Å². The van der Waals surface area contributed by atoms with E-state index in [0.717, 1.165) is 54.9 Å². The zero-order valence-corrected chi connectivity index (χ0v) is 15.2. The van der Waals surface area contributed by atoms with E-state index in [2.05, 4.69) is 63.5 Å². The van der Waals surface area contributed by atoms with E-state index in [1.807, 2.05) is 13.1 Å². The third-order valence-electron chi connectivity index (χ3n) is 4.36. The maximum atomic E-state index is 4.66. The Morgan fingerprint density at radius 2 is 1.62 bits per heavy atom. The van der Waals surface area contributed by atoms with Crippen molar-refractivity contribution in [2.24, 2.45) is 0 Å². The number of rotatable bonds is 2. The molecule has 24 heavy (non-hydrogen) atoms. The number of hydrogen-bond donors (Lipinski definition) is 0. The maximum Gasteiger partial charge on any atom is 0.134 e. The summed E-state index contributed by atoms with van der Waals surface area (Å²) in [6.45, 7) is 14.3. The first-order valence-corrected chi connectivity index (χ1v) is 8.47. The summed E-state index contributed by atoms with van der Waals surface area (Å²) in [5, 5.41) is 0. The fraction of sp³-hybridized carbons (Fsp3) is 0.556. The molecule has 128 valence electrons. The second-order valence-electron chi connectivity index (χ2n) is 7.41. The molecule has 0 aromatic carbocycles. The maximum absolute atomic E-state index is 4.66. The number of nitrogens with zero attached hydrogens (tertiary/aromatic N) is 6. The monoisotopic (exact) mass is 326 g/mol. The fourth-order valence-corrected chi connectivity index (χ4v) is 2.97. The van der Waals surface area contributed by atoms with Gasteiger partial charge in [-0.25, -0.2) is 19.9 Å². The molecule has 0 saturated carbocycles. The molecular formula is C18H26N6. The Hall–Kier alpha value is -2.24. The molecule has 2 aromatic heterocycles. The van der Waals surface area contributed by atoms with Gasteiger partial charge in [0.2, 0.25) is 0 Å². The first-order chi connectivity index (χ1) is 11.3. The van der Waals surface area contributed by atoms with Crippen LogP contribution < -0.4 is 9.80 Å². The molecule has 1 aliphatic heterocycles. The van der Waals surface area contributed by atoms with Crippen molar-refractivity contribution in [2.45, 2.75) is 40.0 Å². The van der Waals surface area contributed by atoms with Crippen LogP contribution >= 0.6 is 0 Å². The van der Waals surface area contributed by atoms with Crippen LogP contribution in [0.25, 0.3) is 0 Å². The van der Waals surface area contributed by atoms with Gasteiger partial charge in [-0.05, 0) is 13.8 Å². The van der Waals surface area contributed by atoms with Gasteiger partial charge in [0.1, 0.15) is 23.8 Å². The Balaban J connectivity index is 1.76. The lowest BCUT2D eigenvalue weighted by Gasteiger charge is -2.37. The van der Waals surface area contributed by atoms with E-state index in [1.165, 1.54) is 0 Å². The number of aromatic nitrogens is 4. The summed E-state index contributed by atoms with van der Waals surface area (Å²) < 4.78 is 0. The van der Waals surface area contributed by atoms with E-state index in [4.69, 9.17) is 0 Å². The van der Waals surface area contributed by atoms with E-state index >= 15 is 0 Å². The molecule has 0 bridgehead atoms. The number of piperazine rings is 1. The van der Waals surface area contributed by atoms with Gasteiger partial charge in [0.25, 0.3) is 0 Å². The third kappa shape index (κ3) is 3.47. The Kier molecular flexibility index (Phi) is 4.39. The molecule has 1 aliphatic rings. The normalized spacial score (nSPS) is 15.7. The van der Waals surface area contributed by atoms with Crippen LogP contribution in [0.5, 0.6) is 0 Å². The second kappa shape index (κ2) is 6.34. The van der Waals surface area contributed by atoms with Gasteiger partial charge in [-0.2, -0.15) is 0 Å². The molecule has 0 aliphatic carbocycles. The molecule has 0 spiro atoms. The molecule has 0 amide bonds. The highest BCUT2D eigenvalue weighted by Gasteiger charge is 2.23. The SMILES string of the molecule is Cc1nc(N2CCN(c3ncncc3C)CC2)cc(C(C)(C)C)n1. The number of aryl methyl sites for hydroxylation is 2. The largest absolute Gasteiger partial charge is 0.353 e. The van der Waals surface area contributed by atoms with E-state index in [-0.39, 0.29) is 5.41 Å². The standard InChI is InChI=1S/C18H26N6/c1-13-11-19-12-20-17(13)24-8-6-23(7-9-24)16-10-15(18(3,4)5)21-14(2)22-16/h10-12H,6-9H2,1-5H3. The number of hydrogen-bond acceptors (Lipinski definition) is 6. The predicted octanol–water partition coefficient (Wildman–Crippen LogP) is 2.51. The lowest BCUT2D eigenvalue weighted by atomic mass is 9.92. The molecule has 0 radical (unpaired) electrons. The van der Waals surface area contributed by atoms with E-state index in [0.29, 0.717) is 0 Å². The van der Waals surface area contributed by atoms with Gasteiger partial charge in [-0.15, -0.1) is 0 Å².